The molecule has 0 spiro atoms. The highest BCUT2D eigenvalue weighted by Gasteiger charge is 2.44. The lowest BCUT2D eigenvalue weighted by molar-refractivity contribution is -0.261. The van der Waals surface area contributed by atoms with Gasteiger partial charge in [-0.05, 0) is 0 Å². The zero-order valence-electron chi connectivity index (χ0n) is 8.74. The minimum absolute atomic E-state index is 0.471. The van der Waals surface area contributed by atoms with Crippen molar-refractivity contribution in [2.75, 3.05) is 13.7 Å². The molecule has 0 saturated carbocycles. The van der Waals surface area contributed by atoms with E-state index >= 15 is 0 Å². The van der Waals surface area contributed by atoms with Gasteiger partial charge in [-0.3, -0.25) is 0 Å². The number of methoxy groups -OCH3 is 1. The first-order chi connectivity index (χ1) is 7.51. The van der Waals surface area contributed by atoms with Crippen molar-refractivity contribution in [2.24, 2.45) is 5.73 Å². The van der Waals surface area contributed by atoms with Crippen LogP contribution in [0.2, 0.25) is 0 Å². The van der Waals surface area contributed by atoms with E-state index in [2.05, 4.69) is 5.32 Å². The molecule has 1 heterocycles. The summed E-state index contributed by atoms with van der Waals surface area (Å²) < 4.78 is 10.0. The fourth-order valence-corrected chi connectivity index (χ4v) is 1.60. The number of hydrogen-bond acceptors (Lipinski definition) is 6. The molecule has 1 aliphatic heterocycles. The Bertz CT molecular complexity index is 249. The van der Waals surface area contributed by atoms with Crippen molar-refractivity contribution in [3.63, 3.8) is 0 Å². The van der Waals surface area contributed by atoms with Gasteiger partial charge < -0.3 is 35.8 Å². The molecule has 0 bridgehead atoms. The molecule has 0 aliphatic carbocycles. The van der Waals surface area contributed by atoms with Crippen LogP contribution in [0.1, 0.15) is 0 Å². The van der Waals surface area contributed by atoms with E-state index in [1.807, 2.05) is 0 Å². The largest absolute Gasteiger partial charge is 0.394 e. The molecule has 5 atom stereocenters. The summed E-state index contributed by atoms with van der Waals surface area (Å²) in [7, 11) is 1.30. The van der Waals surface area contributed by atoms with Crippen molar-refractivity contribution >= 4 is 6.03 Å². The Morgan fingerprint density at radius 3 is 2.56 bits per heavy atom. The number of ether oxygens (including phenoxy) is 2. The zero-order chi connectivity index (χ0) is 12.3. The molecule has 1 saturated heterocycles. The number of hydrogen-bond donors (Lipinski definition) is 5. The Morgan fingerprint density at radius 2 is 2.12 bits per heavy atom. The van der Waals surface area contributed by atoms with Gasteiger partial charge in [0.2, 0.25) is 0 Å². The summed E-state index contributed by atoms with van der Waals surface area (Å²) in [4.78, 5) is 10.7. The monoisotopic (exact) mass is 236 g/mol. The molecular formula is C8H16N2O6. The fourth-order valence-electron chi connectivity index (χ4n) is 1.60. The van der Waals surface area contributed by atoms with Gasteiger partial charge in [-0.1, -0.05) is 0 Å². The van der Waals surface area contributed by atoms with Crippen LogP contribution in [-0.2, 0) is 9.47 Å². The van der Waals surface area contributed by atoms with E-state index in [4.69, 9.17) is 20.3 Å². The minimum atomic E-state index is -1.33. The van der Waals surface area contributed by atoms with Crippen molar-refractivity contribution in [3.8, 4) is 0 Å². The molecule has 94 valence electrons. The fraction of sp³-hybridized carbons (Fsp3) is 0.875. The minimum Gasteiger partial charge on any atom is -0.394 e. The van der Waals surface area contributed by atoms with Crippen molar-refractivity contribution in [1.82, 2.24) is 5.32 Å². The summed E-state index contributed by atoms with van der Waals surface area (Å²) in [6, 6.07) is -1.86. The molecule has 6 N–H and O–H groups in total. The lowest BCUT2D eigenvalue weighted by Crippen LogP contribution is -2.65. The SMILES string of the molecule is COC1O[C@H](CO)[C@H](O)[C@H](O)[C@H]1NC(N)=O. The van der Waals surface area contributed by atoms with Gasteiger partial charge in [-0.25, -0.2) is 4.79 Å². The highest BCUT2D eigenvalue weighted by Crippen LogP contribution is 2.21. The molecule has 8 nitrogen and oxygen atoms in total. The smallest absolute Gasteiger partial charge is 0.312 e. The molecule has 0 radical (unpaired) electrons. The van der Waals surface area contributed by atoms with Crippen LogP contribution in [0.15, 0.2) is 0 Å². The first kappa shape index (κ1) is 13.1. The molecule has 16 heavy (non-hydrogen) atoms. The van der Waals surface area contributed by atoms with Crippen LogP contribution >= 0.6 is 0 Å². The normalized spacial score (nSPS) is 39.4. The van der Waals surface area contributed by atoms with Gasteiger partial charge in [0.15, 0.2) is 6.29 Å². The quantitative estimate of drug-likeness (QED) is 0.357. The van der Waals surface area contributed by atoms with Gasteiger partial charge >= 0.3 is 6.03 Å². The van der Waals surface area contributed by atoms with Crippen LogP contribution in [0.4, 0.5) is 4.79 Å². The molecule has 0 aromatic carbocycles. The molecule has 8 heteroatoms. The topological polar surface area (TPSA) is 134 Å². The predicted molar refractivity (Wildman–Crippen MR) is 51.3 cm³/mol. The summed E-state index contributed by atoms with van der Waals surface area (Å²) in [5.74, 6) is 0. The third-order valence-corrected chi connectivity index (χ3v) is 2.42. The number of primary amides is 1. The van der Waals surface area contributed by atoms with Crippen molar-refractivity contribution in [3.05, 3.63) is 0 Å². The maximum Gasteiger partial charge on any atom is 0.312 e. The van der Waals surface area contributed by atoms with E-state index in [-0.39, 0.29) is 0 Å². The third kappa shape index (κ3) is 2.60. The summed E-state index contributed by atoms with van der Waals surface area (Å²) >= 11 is 0. The molecule has 1 fully saturated rings. The number of amides is 2. The number of rotatable bonds is 3. The maximum atomic E-state index is 10.7. The molecule has 0 aromatic rings. The lowest BCUT2D eigenvalue weighted by atomic mass is 9.97. The Labute approximate surface area is 91.9 Å². The van der Waals surface area contributed by atoms with Gasteiger partial charge in [0.25, 0.3) is 0 Å². The highest BCUT2D eigenvalue weighted by atomic mass is 16.7. The van der Waals surface area contributed by atoms with Gasteiger partial charge in [0.1, 0.15) is 24.4 Å². The first-order valence-corrected chi connectivity index (χ1v) is 4.72. The zero-order valence-corrected chi connectivity index (χ0v) is 8.74. The van der Waals surface area contributed by atoms with Gasteiger partial charge in [0, 0.05) is 7.11 Å². The van der Waals surface area contributed by atoms with E-state index in [0.717, 1.165) is 0 Å². The maximum absolute atomic E-state index is 10.7. The number of nitrogens with two attached hydrogens (primary N) is 1. The Morgan fingerprint density at radius 1 is 1.50 bits per heavy atom. The van der Waals surface area contributed by atoms with Crippen molar-refractivity contribution < 1.29 is 29.6 Å². The van der Waals surface area contributed by atoms with E-state index in [1.54, 1.807) is 0 Å². The van der Waals surface area contributed by atoms with E-state index < -0.39 is 43.3 Å². The number of carbonyl (C=O) groups excluding carboxylic acids is 1. The highest BCUT2D eigenvalue weighted by molar-refractivity contribution is 5.72. The number of carbonyl (C=O) groups is 1. The number of urea groups is 1. The second-order valence-corrected chi connectivity index (χ2v) is 3.48. The average Bonchev–Trinajstić information content (AvgIpc) is 2.25. The average molecular weight is 236 g/mol. The molecular weight excluding hydrogens is 220 g/mol. The summed E-state index contributed by atoms with van der Waals surface area (Å²) in [5, 5.41) is 30.4. The number of nitrogens with one attached hydrogen (secondary N) is 1. The summed E-state index contributed by atoms with van der Waals surface area (Å²) in [6.07, 6.45) is -4.61. The van der Waals surface area contributed by atoms with Gasteiger partial charge in [-0.15, -0.1) is 0 Å². The van der Waals surface area contributed by atoms with Crippen LogP contribution in [0.5, 0.6) is 0 Å². The molecule has 0 aromatic heterocycles. The van der Waals surface area contributed by atoms with Crippen LogP contribution < -0.4 is 11.1 Å². The lowest BCUT2D eigenvalue weighted by Gasteiger charge is -2.41. The molecule has 2 amide bonds. The summed E-state index contributed by atoms with van der Waals surface area (Å²) in [5.41, 5.74) is 4.91. The number of aliphatic hydroxyl groups excluding tert-OH is 3. The second kappa shape index (κ2) is 5.41. The van der Waals surface area contributed by atoms with Crippen LogP contribution in [-0.4, -0.2) is 65.7 Å². The van der Waals surface area contributed by atoms with Crippen LogP contribution in [0.25, 0.3) is 0 Å². The van der Waals surface area contributed by atoms with E-state index in [0.29, 0.717) is 0 Å². The summed E-state index contributed by atoms with van der Waals surface area (Å²) in [6.45, 7) is -0.471. The predicted octanol–water partition coefficient (Wildman–Crippen LogP) is -2.89. The molecule has 1 rings (SSSR count). The van der Waals surface area contributed by atoms with E-state index in [1.165, 1.54) is 7.11 Å². The Balaban J connectivity index is 2.77. The Kier molecular flexibility index (Phi) is 4.44. The molecule has 1 unspecified atom stereocenters. The standard InChI is InChI=1S/C8H16N2O6/c1-15-7-4(10-8(9)14)6(13)5(12)3(2-11)16-7/h3-7,11-13H,2H2,1H3,(H3,9,10,14)/t3-,4-,5+,6-,7?/m1/s1. The van der Waals surface area contributed by atoms with Crippen molar-refractivity contribution in [2.45, 2.75) is 30.6 Å². The molecule has 1 aliphatic rings. The van der Waals surface area contributed by atoms with Gasteiger partial charge in [0.05, 0.1) is 6.61 Å². The third-order valence-electron chi connectivity index (χ3n) is 2.42. The van der Waals surface area contributed by atoms with Crippen LogP contribution in [0, 0.1) is 0 Å². The number of aliphatic hydroxyl groups is 3. The van der Waals surface area contributed by atoms with Crippen LogP contribution in [0.3, 0.4) is 0 Å². The Hall–Kier alpha value is -0.930. The van der Waals surface area contributed by atoms with E-state index in [9.17, 15) is 15.0 Å². The van der Waals surface area contributed by atoms with Crippen molar-refractivity contribution in [1.29, 1.82) is 0 Å². The van der Waals surface area contributed by atoms with Gasteiger partial charge in [-0.2, -0.15) is 0 Å². The first-order valence-electron chi connectivity index (χ1n) is 4.72. The second-order valence-electron chi connectivity index (χ2n) is 3.48.